The number of rotatable bonds is 7. The van der Waals surface area contributed by atoms with E-state index < -0.39 is 5.54 Å². The molecule has 1 aliphatic rings. The third-order valence-corrected chi connectivity index (χ3v) is 7.74. The number of carbonyl (C=O) groups excluding carboxylic acids is 2. The van der Waals surface area contributed by atoms with Crippen molar-refractivity contribution < 1.29 is 14.0 Å². The quantitative estimate of drug-likeness (QED) is 0.366. The van der Waals surface area contributed by atoms with Crippen LogP contribution in [0.3, 0.4) is 0 Å². The van der Waals surface area contributed by atoms with Crippen LogP contribution >= 0.6 is 11.3 Å². The van der Waals surface area contributed by atoms with Gasteiger partial charge in [-0.2, -0.15) is 0 Å². The Morgan fingerprint density at radius 1 is 1.18 bits per heavy atom. The second-order valence-electron chi connectivity index (χ2n) is 9.85. The summed E-state index contributed by atoms with van der Waals surface area (Å²) in [6, 6.07) is 14.7. The van der Waals surface area contributed by atoms with Gasteiger partial charge in [-0.05, 0) is 56.9 Å². The molecule has 2 atom stereocenters. The Hall–Kier alpha value is -3.89. The molecule has 2 aromatic heterocycles. The summed E-state index contributed by atoms with van der Waals surface area (Å²) in [5.74, 6) is -0.0203. The van der Waals surface area contributed by atoms with Gasteiger partial charge in [0.05, 0.1) is 11.6 Å². The smallest absolute Gasteiger partial charge is 0.254 e. The topological polar surface area (TPSA) is 127 Å². The molecule has 2 aromatic carbocycles. The zero-order valence-electron chi connectivity index (χ0n) is 21.6. The minimum absolute atomic E-state index is 0.0840. The van der Waals surface area contributed by atoms with E-state index in [2.05, 4.69) is 20.5 Å². The van der Waals surface area contributed by atoms with E-state index in [1.807, 2.05) is 54.5 Å². The molecule has 0 spiro atoms. The van der Waals surface area contributed by atoms with Gasteiger partial charge in [-0.3, -0.25) is 9.59 Å². The van der Waals surface area contributed by atoms with Gasteiger partial charge < -0.3 is 20.4 Å². The molecular weight excluding hydrogens is 500 g/mol. The Morgan fingerprint density at radius 2 is 1.95 bits per heavy atom. The first-order valence-electron chi connectivity index (χ1n) is 12.5. The molecule has 4 aromatic rings. The van der Waals surface area contributed by atoms with Gasteiger partial charge in [0.15, 0.2) is 0 Å². The number of carbonyl (C=O) groups is 2. The molecule has 5 rings (SSSR count). The molecular formula is C28H30N6O3S. The van der Waals surface area contributed by atoms with Crippen molar-refractivity contribution in [3.8, 4) is 11.5 Å². The molecule has 1 aliphatic heterocycles. The average molecular weight is 531 g/mol. The highest BCUT2D eigenvalue weighted by Crippen LogP contribution is 2.35. The van der Waals surface area contributed by atoms with Crippen molar-refractivity contribution >= 4 is 23.2 Å². The predicted octanol–water partition coefficient (Wildman–Crippen LogP) is 4.26. The van der Waals surface area contributed by atoms with Crippen LogP contribution in [0.25, 0.3) is 11.5 Å². The number of hydrogen-bond donors (Lipinski definition) is 2. The second-order valence-corrected chi connectivity index (χ2v) is 10.7. The molecule has 196 valence electrons. The van der Waals surface area contributed by atoms with E-state index in [0.29, 0.717) is 29.7 Å². The van der Waals surface area contributed by atoms with Gasteiger partial charge in [-0.25, -0.2) is 4.98 Å². The fourth-order valence-corrected chi connectivity index (χ4v) is 5.72. The number of hydrogen-bond acceptors (Lipinski definition) is 8. The van der Waals surface area contributed by atoms with Crippen LogP contribution in [-0.4, -0.2) is 45.5 Å². The molecule has 9 nitrogen and oxygen atoms in total. The minimum atomic E-state index is -0.904. The van der Waals surface area contributed by atoms with Crippen molar-refractivity contribution in [2.75, 3.05) is 13.6 Å². The number of nitrogens with one attached hydrogen (secondary N) is 1. The largest absolute Gasteiger partial charge is 0.419 e. The number of thiazole rings is 1. The summed E-state index contributed by atoms with van der Waals surface area (Å²) in [6.07, 6.45) is 2.24. The van der Waals surface area contributed by atoms with Gasteiger partial charge in [0, 0.05) is 41.4 Å². The summed E-state index contributed by atoms with van der Waals surface area (Å²) in [7, 11) is 1.55. The normalized spacial score (nSPS) is 16.8. The van der Waals surface area contributed by atoms with Crippen molar-refractivity contribution in [3.05, 3.63) is 87.2 Å². The highest BCUT2D eigenvalue weighted by atomic mass is 32.1. The maximum absolute atomic E-state index is 13.7. The zero-order valence-corrected chi connectivity index (χ0v) is 22.4. The molecule has 3 heterocycles. The third-order valence-electron chi connectivity index (χ3n) is 6.68. The van der Waals surface area contributed by atoms with E-state index in [1.54, 1.807) is 36.6 Å². The first-order chi connectivity index (χ1) is 18.2. The molecule has 0 radical (unpaired) electrons. The average Bonchev–Trinajstić information content (AvgIpc) is 3.68. The van der Waals surface area contributed by atoms with Crippen molar-refractivity contribution in [1.29, 1.82) is 0 Å². The maximum atomic E-state index is 13.7. The van der Waals surface area contributed by atoms with Crippen LogP contribution in [0.4, 0.5) is 0 Å². The molecule has 38 heavy (non-hydrogen) atoms. The predicted molar refractivity (Wildman–Crippen MR) is 145 cm³/mol. The van der Waals surface area contributed by atoms with Crippen molar-refractivity contribution in [1.82, 2.24) is 25.4 Å². The second kappa shape index (κ2) is 10.5. The minimum Gasteiger partial charge on any atom is -0.419 e. The van der Waals surface area contributed by atoms with Crippen LogP contribution in [-0.2, 0) is 12.0 Å². The van der Waals surface area contributed by atoms with Gasteiger partial charge in [-0.15, -0.1) is 21.5 Å². The van der Waals surface area contributed by atoms with Crippen LogP contribution in [0.5, 0.6) is 0 Å². The van der Waals surface area contributed by atoms with Gasteiger partial charge >= 0.3 is 0 Å². The summed E-state index contributed by atoms with van der Waals surface area (Å²) in [5, 5.41) is 14.0. The highest BCUT2D eigenvalue weighted by molar-refractivity contribution is 7.09. The van der Waals surface area contributed by atoms with Crippen LogP contribution in [0.2, 0.25) is 0 Å². The Bertz CT molecular complexity index is 1460. The highest BCUT2D eigenvalue weighted by Gasteiger charge is 2.33. The summed E-state index contributed by atoms with van der Waals surface area (Å²) in [6.45, 7) is 4.41. The Kier molecular flexibility index (Phi) is 7.09. The van der Waals surface area contributed by atoms with E-state index >= 15 is 0 Å². The van der Waals surface area contributed by atoms with Crippen molar-refractivity contribution in [2.45, 2.75) is 44.7 Å². The Morgan fingerprint density at radius 3 is 2.66 bits per heavy atom. The maximum Gasteiger partial charge on any atom is 0.254 e. The standard InChI is InChI=1S/C28H30N6O3S/c1-17-16-38-25(31-17)22-10-7-11-34(22)26(36)21-13-19(23(35)30-3)12-20(14-21)24-32-33-27(37-24)28(2,29)15-18-8-5-4-6-9-18/h4-6,8-9,12-14,16,22H,7,10-11,15,29H2,1-3H3,(H,30,35)/t22-,28-/m1/s1. The summed E-state index contributed by atoms with van der Waals surface area (Å²) in [4.78, 5) is 32.8. The SMILES string of the molecule is CNC(=O)c1cc(C(=O)N2CCC[C@@H]2c2nc(C)cs2)cc(-c2nnc([C@](C)(N)Cc3ccccc3)o2)c1. The first-order valence-corrected chi connectivity index (χ1v) is 13.4. The van der Waals surface area contributed by atoms with Crippen molar-refractivity contribution in [3.63, 3.8) is 0 Å². The van der Waals surface area contributed by atoms with Gasteiger partial charge in [0.1, 0.15) is 5.01 Å². The first kappa shape index (κ1) is 25.7. The number of nitrogens with two attached hydrogens (primary N) is 1. The fourth-order valence-electron chi connectivity index (χ4n) is 4.77. The van der Waals surface area contributed by atoms with Crippen molar-refractivity contribution in [2.24, 2.45) is 5.73 Å². The number of likely N-dealkylation sites (tertiary alicyclic amines) is 1. The number of benzene rings is 2. The Balaban J connectivity index is 1.47. The number of aromatic nitrogens is 3. The number of aryl methyl sites for hydroxylation is 1. The fraction of sp³-hybridized carbons (Fsp3) is 0.321. The Labute approximate surface area is 225 Å². The molecule has 3 N–H and O–H groups in total. The van der Waals surface area contributed by atoms with Gasteiger partial charge in [-0.1, -0.05) is 30.3 Å². The molecule has 0 bridgehead atoms. The number of amides is 2. The van der Waals surface area contributed by atoms with Crippen LogP contribution in [0.1, 0.15) is 68.7 Å². The van der Waals surface area contributed by atoms with Crippen LogP contribution in [0.15, 0.2) is 58.3 Å². The van der Waals surface area contributed by atoms with E-state index in [9.17, 15) is 9.59 Å². The molecule has 1 saturated heterocycles. The van der Waals surface area contributed by atoms with E-state index in [0.717, 1.165) is 29.1 Å². The molecule has 1 fully saturated rings. The lowest BCUT2D eigenvalue weighted by atomic mass is 9.94. The molecule has 2 amide bonds. The lowest BCUT2D eigenvalue weighted by molar-refractivity contribution is 0.0735. The monoisotopic (exact) mass is 530 g/mol. The van der Waals surface area contributed by atoms with Gasteiger partial charge in [0.2, 0.25) is 11.8 Å². The third kappa shape index (κ3) is 5.23. The summed E-state index contributed by atoms with van der Waals surface area (Å²) >= 11 is 1.57. The summed E-state index contributed by atoms with van der Waals surface area (Å²) < 4.78 is 6.02. The zero-order chi connectivity index (χ0) is 26.9. The van der Waals surface area contributed by atoms with Crippen LogP contribution in [0, 0.1) is 6.92 Å². The lowest BCUT2D eigenvalue weighted by Gasteiger charge is -2.23. The molecule has 0 unspecified atom stereocenters. The van der Waals surface area contributed by atoms with E-state index in [1.165, 1.54) is 0 Å². The molecule has 0 aliphatic carbocycles. The van der Waals surface area contributed by atoms with E-state index in [4.69, 9.17) is 10.2 Å². The summed E-state index contributed by atoms with van der Waals surface area (Å²) in [5.41, 5.74) is 8.83. The molecule has 0 saturated carbocycles. The molecule has 10 heteroatoms. The van der Waals surface area contributed by atoms with E-state index in [-0.39, 0.29) is 29.6 Å². The number of nitrogens with zero attached hydrogens (tertiary/aromatic N) is 4. The van der Waals surface area contributed by atoms with Crippen LogP contribution < -0.4 is 11.1 Å². The lowest BCUT2D eigenvalue weighted by Crippen LogP contribution is -2.35. The van der Waals surface area contributed by atoms with Gasteiger partial charge in [0.25, 0.3) is 11.8 Å².